The number of nitrogens with zero attached hydrogens (tertiary/aromatic N) is 3. The molecule has 0 saturated carbocycles. The van der Waals surface area contributed by atoms with Crippen molar-refractivity contribution < 1.29 is 13.2 Å². The average Bonchev–Trinajstić information content (AvgIpc) is 2.78. The van der Waals surface area contributed by atoms with Crippen LogP contribution in [0.5, 0.6) is 0 Å². The first-order chi connectivity index (χ1) is 8.47. The van der Waals surface area contributed by atoms with Gasteiger partial charge in [0.2, 0.25) is 5.91 Å². The Hall–Kier alpha value is -1.08. The van der Waals surface area contributed by atoms with Gasteiger partial charge >= 0.3 is 0 Å². The van der Waals surface area contributed by atoms with Gasteiger partial charge in [-0.3, -0.25) is 4.79 Å². The zero-order chi connectivity index (χ0) is 13.2. The summed E-state index contributed by atoms with van der Waals surface area (Å²) in [7, 11) is 1.33. The summed E-state index contributed by atoms with van der Waals surface area (Å²) >= 11 is 0. The van der Waals surface area contributed by atoms with E-state index in [4.69, 9.17) is 10.7 Å². The highest BCUT2D eigenvalue weighted by Gasteiger charge is 2.18. The lowest BCUT2D eigenvalue weighted by atomic mass is 10.1. The minimum absolute atomic E-state index is 0.0226. The summed E-state index contributed by atoms with van der Waals surface area (Å²) in [4.78, 5) is 17.4. The van der Waals surface area contributed by atoms with Crippen molar-refractivity contribution >= 4 is 25.6 Å². The highest BCUT2D eigenvalue weighted by molar-refractivity contribution is 8.13. The lowest BCUT2D eigenvalue weighted by Gasteiger charge is -2.26. The van der Waals surface area contributed by atoms with Gasteiger partial charge in [0.05, 0.1) is 6.33 Å². The first kappa shape index (κ1) is 13.4. The van der Waals surface area contributed by atoms with Gasteiger partial charge < -0.3 is 9.47 Å². The summed E-state index contributed by atoms with van der Waals surface area (Å²) in [5.74, 6) is -0.0226. The minimum atomic E-state index is -3.83. The van der Waals surface area contributed by atoms with E-state index in [1.54, 1.807) is 4.90 Å². The molecule has 0 aliphatic carbocycles. The van der Waals surface area contributed by atoms with Crippen LogP contribution in [0.4, 0.5) is 0 Å². The van der Waals surface area contributed by atoms with Crippen molar-refractivity contribution in [3.63, 3.8) is 0 Å². The summed E-state index contributed by atoms with van der Waals surface area (Å²) in [6.45, 7) is 1.64. The molecule has 1 aromatic heterocycles. The van der Waals surface area contributed by atoms with E-state index in [1.807, 2.05) is 0 Å². The van der Waals surface area contributed by atoms with Crippen LogP contribution in [0.15, 0.2) is 17.6 Å². The van der Waals surface area contributed by atoms with E-state index in [0.29, 0.717) is 0 Å². The predicted octanol–water partition coefficient (Wildman–Crippen LogP) is 0.823. The number of imidazole rings is 1. The standard InChI is InChI=1S/C10H14ClN3O3S/c11-18(16,17)9-6-13(8-12-9)7-10(15)14-4-2-1-3-5-14/h6,8H,1-5,7H2. The molecule has 0 aromatic carbocycles. The molecule has 0 bridgehead atoms. The first-order valence-corrected chi connectivity index (χ1v) is 8.02. The van der Waals surface area contributed by atoms with E-state index in [9.17, 15) is 13.2 Å². The van der Waals surface area contributed by atoms with Crippen LogP contribution in [0.1, 0.15) is 19.3 Å². The monoisotopic (exact) mass is 291 g/mol. The summed E-state index contributed by atoms with van der Waals surface area (Å²) in [6, 6.07) is 0. The summed E-state index contributed by atoms with van der Waals surface area (Å²) in [6.07, 6.45) is 5.78. The number of halogens is 1. The zero-order valence-corrected chi connectivity index (χ0v) is 11.3. The summed E-state index contributed by atoms with van der Waals surface area (Å²) in [5, 5.41) is -0.226. The molecule has 0 spiro atoms. The molecule has 8 heteroatoms. The molecule has 1 aliphatic heterocycles. The van der Waals surface area contributed by atoms with Crippen molar-refractivity contribution in [1.29, 1.82) is 0 Å². The fourth-order valence-electron chi connectivity index (χ4n) is 1.95. The Bertz CT molecular complexity index is 534. The second-order valence-electron chi connectivity index (χ2n) is 4.26. The Labute approximate surface area is 110 Å². The van der Waals surface area contributed by atoms with Crippen LogP contribution in [0.25, 0.3) is 0 Å². The number of piperidine rings is 1. The lowest BCUT2D eigenvalue weighted by Crippen LogP contribution is -2.37. The number of likely N-dealkylation sites (tertiary alicyclic amines) is 1. The number of hydrogen-bond acceptors (Lipinski definition) is 4. The molecule has 0 atom stereocenters. The third-order valence-electron chi connectivity index (χ3n) is 2.89. The van der Waals surface area contributed by atoms with Gasteiger partial charge in [0, 0.05) is 30.0 Å². The topological polar surface area (TPSA) is 72.3 Å². The van der Waals surface area contributed by atoms with Crippen molar-refractivity contribution in [3.05, 3.63) is 12.5 Å². The molecule has 1 saturated heterocycles. The number of carbonyl (C=O) groups excluding carboxylic acids is 1. The normalized spacial score (nSPS) is 16.8. The average molecular weight is 292 g/mol. The van der Waals surface area contributed by atoms with Crippen molar-refractivity contribution in [3.8, 4) is 0 Å². The van der Waals surface area contributed by atoms with Crippen LogP contribution in [0.2, 0.25) is 0 Å². The van der Waals surface area contributed by atoms with Crippen molar-refractivity contribution in [2.45, 2.75) is 30.8 Å². The third kappa shape index (κ3) is 3.23. The summed E-state index contributed by atoms with van der Waals surface area (Å²) < 4.78 is 23.5. The fraction of sp³-hybridized carbons (Fsp3) is 0.600. The van der Waals surface area contributed by atoms with E-state index in [0.717, 1.165) is 32.4 Å². The second-order valence-corrected chi connectivity index (χ2v) is 6.78. The van der Waals surface area contributed by atoms with Gasteiger partial charge in [0.25, 0.3) is 9.05 Å². The number of amides is 1. The molecule has 0 unspecified atom stereocenters. The molecule has 1 amide bonds. The molecule has 0 N–H and O–H groups in total. The maximum atomic E-state index is 11.9. The molecular formula is C10H14ClN3O3S. The molecule has 1 aliphatic rings. The second kappa shape index (κ2) is 5.27. The first-order valence-electron chi connectivity index (χ1n) is 5.71. The molecule has 2 heterocycles. The quantitative estimate of drug-likeness (QED) is 0.773. The van der Waals surface area contributed by atoms with Gasteiger partial charge in [-0.15, -0.1) is 0 Å². The highest BCUT2D eigenvalue weighted by Crippen LogP contribution is 2.13. The predicted molar refractivity (Wildman–Crippen MR) is 65.7 cm³/mol. The van der Waals surface area contributed by atoms with E-state index < -0.39 is 9.05 Å². The Balaban J connectivity index is 2.01. The molecule has 100 valence electrons. The Morgan fingerprint density at radius 2 is 2.00 bits per heavy atom. The van der Waals surface area contributed by atoms with Gasteiger partial charge in [-0.05, 0) is 19.3 Å². The van der Waals surface area contributed by atoms with Gasteiger partial charge in [-0.25, -0.2) is 13.4 Å². The van der Waals surface area contributed by atoms with Crippen LogP contribution >= 0.6 is 10.7 Å². The molecule has 2 rings (SSSR count). The number of rotatable bonds is 3. The smallest absolute Gasteiger partial charge is 0.280 e. The van der Waals surface area contributed by atoms with Crippen LogP contribution in [-0.2, 0) is 20.4 Å². The van der Waals surface area contributed by atoms with Gasteiger partial charge in [0.1, 0.15) is 6.54 Å². The highest BCUT2D eigenvalue weighted by atomic mass is 35.7. The lowest BCUT2D eigenvalue weighted by molar-refractivity contribution is -0.132. The molecular weight excluding hydrogens is 278 g/mol. The van der Waals surface area contributed by atoms with Crippen LogP contribution < -0.4 is 0 Å². The van der Waals surface area contributed by atoms with Gasteiger partial charge in [-0.2, -0.15) is 0 Å². The Kier molecular flexibility index (Phi) is 3.91. The van der Waals surface area contributed by atoms with Crippen molar-refractivity contribution in [1.82, 2.24) is 14.5 Å². The van der Waals surface area contributed by atoms with Crippen molar-refractivity contribution in [2.24, 2.45) is 0 Å². The maximum Gasteiger partial charge on any atom is 0.280 e. The van der Waals surface area contributed by atoms with Crippen LogP contribution in [0.3, 0.4) is 0 Å². The molecule has 1 fully saturated rings. The molecule has 0 radical (unpaired) electrons. The maximum absolute atomic E-state index is 11.9. The van der Waals surface area contributed by atoms with E-state index >= 15 is 0 Å². The molecule has 6 nitrogen and oxygen atoms in total. The number of aromatic nitrogens is 2. The fourth-order valence-corrected chi connectivity index (χ4v) is 2.62. The Morgan fingerprint density at radius 1 is 1.33 bits per heavy atom. The largest absolute Gasteiger partial charge is 0.341 e. The minimum Gasteiger partial charge on any atom is -0.341 e. The van der Waals surface area contributed by atoms with Crippen LogP contribution in [-0.4, -0.2) is 41.9 Å². The third-order valence-corrected chi connectivity index (χ3v) is 4.07. The van der Waals surface area contributed by atoms with Gasteiger partial charge in [-0.1, -0.05) is 0 Å². The van der Waals surface area contributed by atoms with Gasteiger partial charge in [0.15, 0.2) is 5.03 Å². The molecule has 1 aromatic rings. The summed E-state index contributed by atoms with van der Waals surface area (Å²) in [5.41, 5.74) is 0. The zero-order valence-electron chi connectivity index (χ0n) is 9.75. The SMILES string of the molecule is O=C(Cn1cnc(S(=O)(=O)Cl)c1)N1CCCCC1. The Morgan fingerprint density at radius 3 is 2.56 bits per heavy atom. The van der Waals surface area contributed by atoms with E-state index in [2.05, 4.69) is 4.98 Å². The number of carbonyl (C=O) groups is 1. The van der Waals surface area contributed by atoms with E-state index in [-0.39, 0.29) is 17.5 Å². The van der Waals surface area contributed by atoms with E-state index in [1.165, 1.54) is 17.1 Å². The van der Waals surface area contributed by atoms with Crippen LogP contribution in [0, 0.1) is 0 Å². The molecule has 18 heavy (non-hydrogen) atoms. The van der Waals surface area contributed by atoms with Crippen molar-refractivity contribution in [2.75, 3.05) is 13.1 Å². The number of hydrogen-bond donors (Lipinski definition) is 0.